The van der Waals surface area contributed by atoms with E-state index in [0.717, 1.165) is 33.9 Å². The minimum atomic E-state index is -0.978. The van der Waals surface area contributed by atoms with Crippen LogP contribution in [0, 0.1) is 0 Å². The van der Waals surface area contributed by atoms with Gasteiger partial charge in [0.05, 0.1) is 0 Å². The van der Waals surface area contributed by atoms with Gasteiger partial charge in [-0.05, 0) is 34.9 Å². The summed E-state index contributed by atoms with van der Waals surface area (Å²) in [6.45, 7) is 0. The summed E-state index contributed by atoms with van der Waals surface area (Å²) in [4.78, 5) is 19.2. The molecule has 0 saturated carbocycles. The highest BCUT2D eigenvalue weighted by Crippen LogP contribution is 2.34. The van der Waals surface area contributed by atoms with Crippen LogP contribution >= 0.6 is 0 Å². The summed E-state index contributed by atoms with van der Waals surface area (Å²) < 4.78 is 0. The van der Waals surface area contributed by atoms with E-state index < -0.39 is 5.97 Å². The number of carbonyl (C=O) groups is 1. The van der Waals surface area contributed by atoms with Crippen LogP contribution in [0.3, 0.4) is 0 Å². The summed E-state index contributed by atoms with van der Waals surface area (Å²) in [6.07, 6.45) is 9.74. The van der Waals surface area contributed by atoms with Crippen LogP contribution in [0.5, 0.6) is 0 Å². The van der Waals surface area contributed by atoms with Crippen LogP contribution in [0.15, 0.2) is 73.3 Å². The molecule has 0 bridgehead atoms. The van der Waals surface area contributed by atoms with Gasteiger partial charge in [-0.3, -0.25) is 9.97 Å². The first kappa shape index (κ1) is 14.7. The molecule has 0 aliphatic rings. The van der Waals surface area contributed by atoms with Crippen LogP contribution in [0.25, 0.3) is 28.3 Å². The molecule has 3 rings (SSSR count). The number of rotatable bonds is 4. The monoisotopic (exact) mass is 302 g/mol. The summed E-state index contributed by atoms with van der Waals surface area (Å²) in [5, 5.41) is 8.91. The minimum absolute atomic E-state index is 0.821. The summed E-state index contributed by atoms with van der Waals surface area (Å²) in [5.41, 5.74) is 4.64. The van der Waals surface area contributed by atoms with Crippen molar-refractivity contribution in [3.63, 3.8) is 0 Å². The molecule has 0 aliphatic heterocycles. The number of aliphatic carboxylic acids is 1. The molecular weight excluding hydrogens is 288 g/mol. The molecule has 1 aromatic carbocycles. The van der Waals surface area contributed by atoms with E-state index in [-0.39, 0.29) is 0 Å². The first-order valence-electron chi connectivity index (χ1n) is 7.10. The average molecular weight is 302 g/mol. The van der Waals surface area contributed by atoms with Gasteiger partial charge in [0.25, 0.3) is 0 Å². The molecule has 0 saturated heterocycles. The van der Waals surface area contributed by atoms with Crippen molar-refractivity contribution in [3.8, 4) is 22.3 Å². The van der Waals surface area contributed by atoms with Crippen molar-refractivity contribution in [2.75, 3.05) is 0 Å². The second kappa shape index (κ2) is 6.66. The third kappa shape index (κ3) is 3.32. The second-order valence-corrected chi connectivity index (χ2v) is 4.92. The van der Waals surface area contributed by atoms with Crippen LogP contribution in [-0.4, -0.2) is 21.0 Å². The zero-order chi connectivity index (χ0) is 16.1. The number of nitrogens with zero attached hydrogens (tertiary/aromatic N) is 2. The van der Waals surface area contributed by atoms with Crippen molar-refractivity contribution in [1.82, 2.24) is 9.97 Å². The number of hydrogen-bond donors (Lipinski definition) is 1. The van der Waals surface area contributed by atoms with Crippen molar-refractivity contribution in [2.24, 2.45) is 0 Å². The standard InChI is InChI=1S/C19H14N2O2/c22-18(23)9-8-14-4-1-7-17(15-5-2-10-20-12-15)19(14)16-6-3-11-21-13-16/h1-13H,(H,22,23). The molecule has 3 aromatic rings. The molecule has 0 spiro atoms. The molecule has 112 valence electrons. The summed E-state index contributed by atoms with van der Waals surface area (Å²) in [5.74, 6) is -0.978. The lowest BCUT2D eigenvalue weighted by Crippen LogP contribution is -1.92. The molecule has 0 aliphatic carbocycles. The average Bonchev–Trinajstić information content (AvgIpc) is 2.61. The lowest BCUT2D eigenvalue weighted by molar-refractivity contribution is -0.131. The van der Waals surface area contributed by atoms with E-state index in [1.165, 1.54) is 0 Å². The molecule has 1 N–H and O–H groups in total. The summed E-state index contributed by atoms with van der Waals surface area (Å²) in [6, 6.07) is 13.5. The van der Waals surface area contributed by atoms with Gasteiger partial charge in [-0.1, -0.05) is 30.3 Å². The number of hydrogen-bond acceptors (Lipinski definition) is 3. The molecule has 0 amide bonds. The Morgan fingerprint density at radius 2 is 1.61 bits per heavy atom. The van der Waals surface area contributed by atoms with E-state index >= 15 is 0 Å². The van der Waals surface area contributed by atoms with Gasteiger partial charge in [-0.15, -0.1) is 0 Å². The van der Waals surface area contributed by atoms with Gasteiger partial charge in [0.2, 0.25) is 0 Å². The van der Waals surface area contributed by atoms with Crippen molar-refractivity contribution in [2.45, 2.75) is 0 Å². The zero-order valence-electron chi connectivity index (χ0n) is 12.3. The van der Waals surface area contributed by atoms with Crippen molar-refractivity contribution in [3.05, 3.63) is 78.9 Å². The van der Waals surface area contributed by atoms with E-state index in [0.29, 0.717) is 0 Å². The van der Waals surface area contributed by atoms with Crippen LogP contribution < -0.4 is 0 Å². The lowest BCUT2D eigenvalue weighted by atomic mass is 9.91. The second-order valence-electron chi connectivity index (χ2n) is 4.92. The molecule has 0 radical (unpaired) electrons. The van der Waals surface area contributed by atoms with E-state index in [4.69, 9.17) is 5.11 Å². The van der Waals surface area contributed by atoms with E-state index in [9.17, 15) is 4.79 Å². The number of carboxylic acids is 1. The van der Waals surface area contributed by atoms with Gasteiger partial charge in [-0.25, -0.2) is 4.79 Å². The van der Waals surface area contributed by atoms with Gasteiger partial charge in [0.1, 0.15) is 0 Å². The molecule has 2 aromatic heterocycles. The smallest absolute Gasteiger partial charge is 0.328 e. The van der Waals surface area contributed by atoms with Crippen LogP contribution in [-0.2, 0) is 4.79 Å². The maximum Gasteiger partial charge on any atom is 0.328 e. The topological polar surface area (TPSA) is 63.1 Å². The Morgan fingerprint density at radius 3 is 2.22 bits per heavy atom. The Kier molecular flexibility index (Phi) is 4.25. The highest BCUT2D eigenvalue weighted by molar-refractivity contribution is 5.92. The van der Waals surface area contributed by atoms with Crippen LogP contribution in [0.2, 0.25) is 0 Å². The van der Waals surface area contributed by atoms with Crippen molar-refractivity contribution >= 4 is 12.0 Å². The first-order chi connectivity index (χ1) is 11.3. The van der Waals surface area contributed by atoms with Crippen molar-refractivity contribution < 1.29 is 9.90 Å². The van der Waals surface area contributed by atoms with E-state index in [2.05, 4.69) is 9.97 Å². The molecular formula is C19H14N2O2. The molecule has 0 fully saturated rings. The zero-order valence-corrected chi connectivity index (χ0v) is 12.3. The Hall–Kier alpha value is -3.27. The lowest BCUT2D eigenvalue weighted by Gasteiger charge is -2.13. The number of benzene rings is 1. The Morgan fingerprint density at radius 1 is 0.913 bits per heavy atom. The Labute approximate surface area is 133 Å². The van der Waals surface area contributed by atoms with Gasteiger partial charge in [-0.2, -0.15) is 0 Å². The maximum absolute atomic E-state index is 10.9. The normalized spacial score (nSPS) is 10.8. The van der Waals surface area contributed by atoms with Crippen LogP contribution in [0.4, 0.5) is 0 Å². The fourth-order valence-corrected chi connectivity index (χ4v) is 2.47. The Bertz CT molecular complexity index is 844. The van der Waals surface area contributed by atoms with Crippen LogP contribution in [0.1, 0.15) is 5.56 Å². The minimum Gasteiger partial charge on any atom is -0.478 e. The quantitative estimate of drug-likeness (QED) is 0.742. The predicted octanol–water partition coefficient (Wildman–Crippen LogP) is 3.91. The number of pyridine rings is 2. The number of carboxylic acid groups (broad SMARTS) is 1. The van der Waals surface area contributed by atoms with Gasteiger partial charge >= 0.3 is 5.97 Å². The molecule has 2 heterocycles. The fraction of sp³-hybridized carbons (Fsp3) is 0. The highest BCUT2D eigenvalue weighted by Gasteiger charge is 2.11. The summed E-state index contributed by atoms with van der Waals surface area (Å²) >= 11 is 0. The Balaban J connectivity index is 2.24. The SMILES string of the molecule is O=C(O)C=Cc1cccc(-c2cccnc2)c1-c1cccnc1. The number of aromatic nitrogens is 2. The molecule has 4 heteroatoms. The molecule has 4 nitrogen and oxygen atoms in total. The highest BCUT2D eigenvalue weighted by atomic mass is 16.4. The van der Waals surface area contributed by atoms with Gasteiger partial charge in [0.15, 0.2) is 0 Å². The largest absolute Gasteiger partial charge is 0.478 e. The fourth-order valence-electron chi connectivity index (χ4n) is 2.47. The van der Waals surface area contributed by atoms with Gasteiger partial charge in [0, 0.05) is 42.0 Å². The third-order valence-electron chi connectivity index (χ3n) is 3.42. The third-order valence-corrected chi connectivity index (χ3v) is 3.42. The van der Waals surface area contributed by atoms with Crippen molar-refractivity contribution in [1.29, 1.82) is 0 Å². The summed E-state index contributed by atoms with van der Waals surface area (Å²) in [7, 11) is 0. The maximum atomic E-state index is 10.9. The molecule has 0 unspecified atom stereocenters. The first-order valence-corrected chi connectivity index (χ1v) is 7.10. The van der Waals surface area contributed by atoms with E-state index in [1.54, 1.807) is 30.9 Å². The molecule has 0 atom stereocenters. The predicted molar refractivity (Wildman–Crippen MR) is 89.6 cm³/mol. The molecule has 23 heavy (non-hydrogen) atoms. The van der Waals surface area contributed by atoms with Gasteiger partial charge < -0.3 is 5.11 Å². The van der Waals surface area contributed by atoms with E-state index in [1.807, 2.05) is 42.5 Å².